The first-order chi connectivity index (χ1) is 6.74. The first-order valence-corrected chi connectivity index (χ1v) is 5.15. The van der Waals surface area contributed by atoms with E-state index >= 15 is 0 Å². The van der Waals surface area contributed by atoms with E-state index in [0.29, 0.717) is 5.92 Å². The van der Waals surface area contributed by atoms with Crippen molar-refractivity contribution in [2.45, 2.75) is 25.9 Å². The third-order valence-corrected chi connectivity index (χ3v) is 3.15. The molecule has 1 heterocycles. The lowest BCUT2D eigenvalue weighted by Crippen LogP contribution is -2.32. The molecule has 3 heteroatoms. The molecule has 0 aromatic rings. The van der Waals surface area contributed by atoms with Gasteiger partial charge in [-0.2, -0.15) is 0 Å². The molecule has 1 fully saturated rings. The second-order valence-electron chi connectivity index (χ2n) is 4.06. The summed E-state index contributed by atoms with van der Waals surface area (Å²) in [6.07, 6.45) is 4.31. The number of methoxy groups -OCH3 is 1. The van der Waals surface area contributed by atoms with Gasteiger partial charge in [0.05, 0.1) is 13.2 Å². The molecule has 14 heavy (non-hydrogen) atoms. The maximum absolute atomic E-state index is 11.5. The number of carbonyl (C=O) groups excluding carboxylic acids is 1. The highest BCUT2D eigenvalue weighted by Gasteiger charge is 2.40. The summed E-state index contributed by atoms with van der Waals surface area (Å²) in [5.41, 5.74) is 0.824. The fourth-order valence-electron chi connectivity index (χ4n) is 2.49. The van der Waals surface area contributed by atoms with Gasteiger partial charge in [-0.3, -0.25) is 0 Å². The second kappa shape index (κ2) is 3.73. The van der Waals surface area contributed by atoms with E-state index in [2.05, 4.69) is 6.92 Å². The van der Waals surface area contributed by atoms with Crippen molar-refractivity contribution in [1.29, 1.82) is 0 Å². The Morgan fingerprint density at radius 3 is 3.14 bits per heavy atom. The predicted octanol–water partition coefficient (Wildman–Crippen LogP) is 1.53. The molecule has 3 atom stereocenters. The fraction of sp³-hybridized carbons (Fsp3) is 0.727. The van der Waals surface area contributed by atoms with Crippen LogP contribution in [0.15, 0.2) is 11.6 Å². The molecule has 0 radical (unpaired) electrons. The Balaban J connectivity index is 2.17. The van der Waals surface area contributed by atoms with Gasteiger partial charge in [0.15, 0.2) is 0 Å². The Bertz CT molecular complexity index is 270. The van der Waals surface area contributed by atoms with E-state index in [1.807, 2.05) is 6.08 Å². The summed E-state index contributed by atoms with van der Waals surface area (Å²) >= 11 is 0. The van der Waals surface area contributed by atoms with E-state index in [9.17, 15) is 4.79 Å². The lowest BCUT2D eigenvalue weighted by atomic mass is 9.90. The molecule has 0 saturated carbocycles. The standard InChI is InChI=1S/C11H16O3/c1-7-6-9(11(12)13-2)8-4-3-5-14-10(7)8/h6-8,10H,3-5H2,1-2H3/t7-,8-,10+/m0/s1. The van der Waals surface area contributed by atoms with Gasteiger partial charge in [0, 0.05) is 24.0 Å². The van der Waals surface area contributed by atoms with E-state index in [-0.39, 0.29) is 18.0 Å². The zero-order chi connectivity index (χ0) is 10.1. The first-order valence-electron chi connectivity index (χ1n) is 5.15. The Hall–Kier alpha value is -0.830. The molecule has 1 aliphatic carbocycles. The zero-order valence-electron chi connectivity index (χ0n) is 8.66. The van der Waals surface area contributed by atoms with Crippen molar-refractivity contribution >= 4 is 5.97 Å². The van der Waals surface area contributed by atoms with Crippen LogP contribution in [0.5, 0.6) is 0 Å². The zero-order valence-corrected chi connectivity index (χ0v) is 8.66. The van der Waals surface area contributed by atoms with Gasteiger partial charge in [-0.1, -0.05) is 13.0 Å². The molecule has 0 bridgehead atoms. The molecule has 0 aromatic heterocycles. The molecule has 1 saturated heterocycles. The van der Waals surface area contributed by atoms with E-state index < -0.39 is 0 Å². The summed E-state index contributed by atoms with van der Waals surface area (Å²) in [6, 6.07) is 0. The van der Waals surface area contributed by atoms with E-state index in [1.54, 1.807) is 0 Å². The van der Waals surface area contributed by atoms with Gasteiger partial charge in [-0.05, 0) is 12.8 Å². The van der Waals surface area contributed by atoms with Crippen LogP contribution < -0.4 is 0 Å². The molecule has 0 aromatic carbocycles. The Morgan fingerprint density at radius 2 is 2.43 bits per heavy atom. The molecule has 0 spiro atoms. The van der Waals surface area contributed by atoms with Crippen molar-refractivity contribution < 1.29 is 14.3 Å². The van der Waals surface area contributed by atoms with Gasteiger partial charge in [-0.25, -0.2) is 4.79 Å². The summed E-state index contributed by atoms with van der Waals surface area (Å²) in [6.45, 7) is 2.92. The number of esters is 1. The molecular weight excluding hydrogens is 180 g/mol. The SMILES string of the molecule is COC(=O)C1=C[C@H](C)[C@H]2OCCC[C@@H]12. The Labute approximate surface area is 84.1 Å². The average molecular weight is 196 g/mol. The van der Waals surface area contributed by atoms with Gasteiger partial charge in [0.1, 0.15) is 0 Å². The minimum Gasteiger partial charge on any atom is -0.466 e. The number of hydrogen-bond acceptors (Lipinski definition) is 3. The predicted molar refractivity (Wildman–Crippen MR) is 51.7 cm³/mol. The molecular formula is C11H16O3. The summed E-state index contributed by atoms with van der Waals surface area (Å²) in [4.78, 5) is 11.5. The van der Waals surface area contributed by atoms with E-state index in [1.165, 1.54) is 7.11 Å². The lowest BCUT2D eigenvalue weighted by Gasteiger charge is -2.29. The minimum absolute atomic E-state index is 0.185. The largest absolute Gasteiger partial charge is 0.466 e. The van der Waals surface area contributed by atoms with Crippen LogP contribution >= 0.6 is 0 Å². The van der Waals surface area contributed by atoms with Crippen molar-refractivity contribution in [1.82, 2.24) is 0 Å². The average Bonchev–Trinajstić information content (AvgIpc) is 2.56. The number of ether oxygens (including phenoxy) is 2. The molecule has 2 aliphatic rings. The third kappa shape index (κ3) is 1.46. The van der Waals surface area contributed by atoms with Crippen molar-refractivity contribution in [3.05, 3.63) is 11.6 Å². The van der Waals surface area contributed by atoms with Crippen LogP contribution in [-0.4, -0.2) is 25.8 Å². The summed E-state index contributed by atoms with van der Waals surface area (Å²) < 4.78 is 10.4. The molecule has 0 unspecified atom stereocenters. The second-order valence-corrected chi connectivity index (χ2v) is 4.06. The normalized spacial score (nSPS) is 36.1. The number of hydrogen-bond donors (Lipinski definition) is 0. The number of carbonyl (C=O) groups is 1. The van der Waals surface area contributed by atoms with Crippen LogP contribution in [0.25, 0.3) is 0 Å². The van der Waals surface area contributed by atoms with Crippen LogP contribution in [0.2, 0.25) is 0 Å². The highest BCUT2D eigenvalue weighted by atomic mass is 16.5. The summed E-state index contributed by atoms with van der Waals surface area (Å²) in [5.74, 6) is 0.426. The first kappa shape index (κ1) is 9.71. The van der Waals surface area contributed by atoms with Crippen molar-refractivity contribution in [3.8, 4) is 0 Å². The molecule has 2 rings (SSSR count). The highest BCUT2D eigenvalue weighted by Crippen LogP contribution is 2.39. The van der Waals surface area contributed by atoms with Crippen molar-refractivity contribution in [3.63, 3.8) is 0 Å². The summed E-state index contributed by atoms with van der Waals surface area (Å²) in [5, 5.41) is 0. The van der Waals surface area contributed by atoms with Gasteiger partial charge >= 0.3 is 5.97 Å². The molecule has 78 valence electrons. The van der Waals surface area contributed by atoms with Gasteiger partial charge in [-0.15, -0.1) is 0 Å². The maximum atomic E-state index is 11.5. The van der Waals surface area contributed by atoms with Crippen molar-refractivity contribution in [2.75, 3.05) is 13.7 Å². The number of fused-ring (bicyclic) bond motifs is 1. The lowest BCUT2D eigenvalue weighted by molar-refractivity contribution is -0.137. The fourth-order valence-corrected chi connectivity index (χ4v) is 2.49. The van der Waals surface area contributed by atoms with Crippen LogP contribution in [0.1, 0.15) is 19.8 Å². The van der Waals surface area contributed by atoms with Gasteiger partial charge in [0.2, 0.25) is 0 Å². The Kier molecular flexibility index (Phi) is 2.59. The monoisotopic (exact) mass is 196 g/mol. The summed E-state index contributed by atoms with van der Waals surface area (Å²) in [7, 11) is 1.44. The minimum atomic E-state index is -0.185. The third-order valence-electron chi connectivity index (χ3n) is 3.15. The molecule has 1 aliphatic heterocycles. The van der Waals surface area contributed by atoms with Crippen LogP contribution in [-0.2, 0) is 14.3 Å². The van der Waals surface area contributed by atoms with Crippen LogP contribution in [0.4, 0.5) is 0 Å². The van der Waals surface area contributed by atoms with E-state index in [4.69, 9.17) is 9.47 Å². The molecule has 0 N–H and O–H groups in total. The quantitative estimate of drug-likeness (QED) is 0.597. The van der Waals surface area contributed by atoms with Crippen LogP contribution in [0.3, 0.4) is 0 Å². The molecule has 0 amide bonds. The smallest absolute Gasteiger partial charge is 0.333 e. The molecule has 3 nitrogen and oxygen atoms in total. The van der Waals surface area contributed by atoms with Crippen molar-refractivity contribution in [2.24, 2.45) is 11.8 Å². The van der Waals surface area contributed by atoms with Crippen LogP contribution in [0, 0.1) is 11.8 Å². The van der Waals surface area contributed by atoms with E-state index in [0.717, 1.165) is 25.0 Å². The highest BCUT2D eigenvalue weighted by molar-refractivity contribution is 5.89. The Morgan fingerprint density at radius 1 is 1.64 bits per heavy atom. The maximum Gasteiger partial charge on any atom is 0.333 e. The number of rotatable bonds is 1. The van der Waals surface area contributed by atoms with Gasteiger partial charge < -0.3 is 9.47 Å². The topological polar surface area (TPSA) is 35.5 Å². The van der Waals surface area contributed by atoms with Gasteiger partial charge in [0.25, 0.3) is 0 Å².